The van der Waals surface area contributed by atoms with Crippen LogP contribution in [0.1, 0.15) is 33.0 Å². The molecule has 2 N–H and O–H groups in total. The lowest BCUT2D eigenvalue weighted by Crippen LogP contribution is -2.42. The van der Waals surface area contributed by atoms with Gasteiger partial charge in [-0.1, -0.05) is 54.6 Å². The van der Waals surface area contributed by atoms with Crippen LogP contribution in [-0.4, -0.2) is 18.4 Å². The van der Waals surface area contributed by atoms with Crippen LogP contribution in [0.25, 0.3) is 10.8 Å². The molecule has 4 heteroatoms. The molecule has 0 aliphatic carbocycles. The van der Waals surface area contributed by atoms with Gasteiger partial charge in [0.1, 0.15) is 0 Å². The van der Waals surface area contributed by atoms with Crippen LogP contribution in [0.2, 0.25) is 0 Å². The Morgan fingerprint density at radius 2 is 1.77 bits per heavy atom. The molecule has 26 heavy (non-hydrogen) atoms. The van der Waals surface area contributed by atoms with Crippen LogP contribution >= 0.6 is 0 Å². The van der Waals surface area contributed by atoms with E-state index in [9.17, 15) is 9.59 Å². The van der Waals surface area contributed by atoms with Gasteiger partial charge in [-0.05, 0) is 40.5 Å². The van der Waals surface area contributed by atoms with Crippen molar-refractivity contribution in [3.8, 4) is 0 Å². The van der Waals surface area contributed by atoms with Crippen LogP contribution in [0, 0.1) is 6.92 Å². The summed E-state index contributed by atoms with van der Waals surface area (Å²) in [6, 6.07) is 19.7. The van der Waals surface area contributed by atoms with Gasteiger partial charge in [0.05, 0.1) is 5.92 Å². The molecule has 4 rings (SSSR count). The minimum Gasteiger partial charge on any atom is -0.351 e. The predicted octanol–water partition coefficient (Wildman–Crippen LogP) is 3.29. The molecule has 0 fully saturated rings. The van der Waals surface area contributed by atoms with Crippen LogP contribution < -0.4 is 10.6 Å². The van der Waals surface area contributed by atoms with E-state index in [1.807, 2.05) is 30.3 Å². The van der Waals surface area contributed by atoms with Gasteiger partial charge in [0.2, 0.25) is 5.91 Å². The molecule has 1 unspecified atom stereocenters. The highest BCUT2D eigenvalue weighted by Crippen LogP contribution is 2.25. The van der Waals surface area contributed by atoms with Crippen LogP contribution in [0.3, 0.4) is 0 Å². The SMILES string of the molecule is Cc1ccc(CNC(=O)C2CNC(=O)c3ccccc32)c2ccccc12. The van der Waals surface area contributed by atoms with E-state index in [-0.39, 0.29) is 17.7 Å². The number of carbonyl (C=O) groups excluding carboxylic acids is 2. The lowest BCUT2D eigenvalue weighted by atomic mass is 9.89. The summed E-state index contributed by atoms with van der Waals surface area (Å²) < 4.78 is 0. The number of nitrogens with one attached hydrogen (secondary N) is 2. The Bertz CT molecular complexity index is 1010. The van der Waals surface area contributed by atoms with E-state index in [1.54, 1.807) is 6.07 Å². The number of amides is 2. The fraction of sp³-hybridized carbons (Fsp3) is 0.182. The van der Waals surface area contributed by atoms with Crippen LogP contribution in [0.15, 0.2) is 60.7 Å². The molecule has 1 aliphatic rings. The third-order valence-electron chi connectivity index (χ3n) is 5.05. The van der Waals surface area contributed by atoms with Crippen LogP contribution in [0.5, 0.6) is 0 Å². The van der Waals surface area contributed by atoms with Gasteiger partial charge in [0.25, 0.3) is 5.91 Å². The normalized spacial score (nSPS) is 16.0. The summed E-state index contributed by atoms with van der Waals surface area (Å²) in [7, 11) is 0. The first-order chi connectivity index (χ1) is 12.6. The number of aryl methyl sites for hydroxylation is 1. The highest BCUT2D eigenvalue weighted by atomic mass is 16.2. The van der Waals surface area contributed by atoms with Crippen LogP contribution in [-0.2, 0) is 11.3 Å². The Morgan fingerprint density at radius 3 is 2.62 bits per heavy atom. The van der Waals surface area contributed by atoms with E-state index >= 15 is 0 Å². The summed E-state index contributed by atoms with van der Waals surface area (Å²) >= 11 is 0. The van der Waals surface area contributed by atoms with Crippen molar-refractivity contribution in [1.82, 2.24) is 10.6 Å². The summed E-state index contributed by atoms with van der Waals surface area (Å²) in [6.07, 6.45) is 0. The first kappa shape index (κ1) is 16.3. The molecule has 0 radical (unpaired) electrons. The second-order valence-electron chi connectivity index (χ2n) is 6.65. The number of hydrogen-bond donors (Lipinski definition) is 2. The maximum atomic E-state index is 12.8. The topological polar surface area (TPSA) is 58.2 Å². The Labute approximate surface area is 152 Å². The first-order valence-corrected chi connectivity index (χ1v) is 8.77. The van der Waals surface area contributed by atoms with Crippen molar-refractivity contribution >= 4 is 22.6 Å². The minimum absolute atomic E-state index is 0.0675. The number of fused-ring (bicyclic) bond motifs is 2. The standard InChI is InChI=1S/C22H20N2O2/c1-14-10-11-15(17-7-3-2-6-16(14)17)12-23-22(26)20-13-24-21(25)19-9-5-4-8-18(19)20/h2-11,20H,12-13H2,1H3,(H,23,26)(H,24,25). The van der Waals surface area contributed by atoms with Gasteiger partial charge in [-0.3, -0.25) is 9.59 Å². The van der Waals surface area contributed by atoms with E-state index in [0.29, 0.717) is 18.7 Å². The molecule has 3 aromatic rings. The van der Waals surface area contributed by atoms with Crippen molar-refractivity contribution in [2.75, 3.05) is 6.54 Å². The zero-order chi connectivity index (χ0) is 18.1. The average Bonchev–Trinajstić information content (AvgIpc) is 2.68. The van der Waals surface area contributed by atoms with Gasteiger partial charge in [-0.2, -0.15) is 0 Å². The van der Waals surface area contributed by atoms with Crippen molar-refractivity contribution in [2.24, 2.45) is 0 Å². The van der Waals surface area contributed by atoms with Gasteiger partial charge in [0, 0.05) is 18.7 Å². The average molecular weight is 344 g/mol. The zero-order valence-electron chi connectivity index (χ0n) is 14.6. The molecule has 1 aliphatic heterocycles. The van der Waals surface area contributed by atoms with Crippen molar-refractivity contribution < 1.29 is 9.59 Å². The number of benzene rings is 3. The molecule has 0 bridgehead atoms. The molecule has 0 spiro atoms. The van der Waals surface area contributed by atoms with E-state index in [2.05, 4.69) is 41.8 Å². The molecule has 0 saturated carbocycles. The molecular formula is C22H20N2O2. The van der Waals surface area contributed by atoms with Gasteiger partial charge in [0.15, 0.2) is 0 Å². The minimum atomic E-state index is -0.361. The van der Waals surface area contributed by atoms with E-state index < -0.39 is 0 Å². The number of rotatable bonds is 3. The van der Waals surface area contributed by atoms with Crippen molar-refractivity contribution in [3.05, 3.63) is 82.9 Å². The van der Waals surface area contributed by atoms with Gasteiger partial charge in [-0.15, -0.1) is 0 Å². The largest absolute Gasteiger partial charge is 0.351 e. The third-order valence-corrected chi connectivity index (χ3v) is 5.05. The van der Waals surface area contributed by atoms with E-state index in [4.69, 9.17) is 0 Å². The zero-order valence-corrected chi connectivity index (χ0v) is 14.6. The van der Waals surface area contributed by atoms with Gasteiger partial charge >= 0.3 is 0 Å². The lowest BCUT2D eigenvalue weighted by Gasteiger charge is -2.25. The fourth-order valence-corrected chi connectivity index (χ4v) is 3.61. The van der Waals surface area contributed by atoms with E-state index in [0.717, 1.165) is 16.5 Å². The highest BCUT2D eigenvalue weighted by molar-refractivity contribution is 6.00. The molecule has 3 aromatic carbocycles. The summed E-state index contributed by atoms with van der Waals surface area (Å²) in [5.74, 6) is -0.545. The van der Waals surface area contributed by atoms with Crippen LogP contribution in [0.4, 0.5) is 0 Å². The Hall–Kier alpha value is -3.14. The van der Waals surface area contributed by atoms with E-state index in [1.165, 1.54) is 10.9 Å². The lowest BCUT2D eigenvalue weighted by molar-refractivity contribution is -0.122. The van der Waals surface area contributed by atoms with Crippen molar-refractivity contribution in [3.63, 3.8) is 0 Å². The molecule has 0 saturated heterocycles. The summed E-state index contributed by atoms with van der Waals surface area (Å²) in [5, 5.41) is 8.21. The Kier molecular flexibility index (Phi) is 4.17. The second kappa shape index (κ2) is 6.64. The monoisotopic (exact) mass is 344 g/mol. The van der Waals surface area contributed by atoms with Crippen molar-refractivity contribution in [2.45, 2.75) is 19.4 Å². The summed E-state index contributed by atoms with van der Waals surface area (Å²) in [5.41, 5.74) is 3.69. The van der Waals surface area contributed by atoms with Gasteiger partial charge in [-0.25, -0.2) is 0 Å². The Morgan fingerprint density at radius 1 is 1.04 bits per heavy atom. The summed E-state index contributed by atoms with van der Waals surface area (Å²) in [6.45, 7) is 2.88. The molecule has 130 valence electrons. The molecule has 0 aromatic heterocycles. The predicted molar refractivity (Wildman–Crippen MR) is 102 cm³/mol. The fourth-order valence-electron chi connectivity index (χ4n) is 3.61. The number of hydrogen-bond acceptors (Lipinski definition) is 2. The molecule has 2 amide bonds. The highest BCUT2D eigenvalue weighted by Gasteiger charge is 2.29. The second-order valence-corrected chi connectivity index (χ2v) is 6.65. The first-order valence-electron chi connectivity index (χ1n) is 8.77. The third kappa shape index (κ3) is 2.84. The maximum absolute atomic E-state index is 12.8. The molecule has 1 atom stereocenters. The molecular weight excluding hydrogens is 324 g/mol. The summed E-state index contributed by atoms with van der Waals surface area (Å²) in [4.78, 5) is 24.7. The molecule has 4 nitrogen and oxygen atoms in total. The van der Waals surface area contributed by atoms with Crippen molar-refractivity contribution in [1.29, 1.82) is 0 Å². The molecule has 1 heterocycles. The number of carbonyl (C=O) groups is 2. The van der Waals surface area contributed by atoms with Gasteiger partial charge < -0.3 is 10.6 Å². The smallest absolute Gasteiger partial charge is 0.251 e. The maximum Gasteiger partial charge on any atom is 0.251 e. The quantitative estimate of drug-likeness (QED) is 0.766. The Balaban J connectivity index is 1.56.